The molecule has 1 aromatic rings. The van der Waals surface area contributed by atoms with Crippen molar-refractivity contribution in [2.75, 3.05) is 37.9 Å². The molecule has 0 amide bonds. The van der Waals surface area contributed by atoms with E-state index in [0.717, 1.165) is 38.3 Å². The highest BCUT2D eigenvalue weighted by Gasteiger charge is 2.14. The molecule has 0 aromatic heterocycles. The van der Waals surface area contributed by atoms with E-state index < -0.39 is 11.0 Å². The molecule has 1 saturated heterocycles. The van der Waals surface area contributed by atoms with E-state index in [1.807, 2.05) is 12.1 Å². The average molecular weight is 283 g/mol. The van der Waals surface area contributed by atoms with Crippen molar-refractivity contribution in [3.63, 3.8) is 0 Å². The summed E-state index contributed by atoms with van der Waals surface area (Å²) in [5.41, 5.74) is 7.52. The smallest absolute Gasteiger partial charge is 0.124 e. The van der Waals surface area contributed by atoms with Crippen LogP contribution in [-0.2, 0) is 15.7 Å². The number of benzene rings is 1. The Morgan fingerprint density at radius 1 is 1.42 bits per heavy atom. The van der Waals surface area contributed by atoms with Gasteiger partial charge in [0.2, 0.25) is 0 Å². The van der Waals surface area contributed by atoms with Crippen molar-refractivity contribution in [3.8, 4) is 0 Å². The van der Waals surface area contributed by atoms with Gasteiger partial charge in [-0.15, -0.1) is 0 Å². The molecule has 2 rings (SSSR count). The van der Waals surface area contributed by atoms with Gasteiger partial charge in [0.05, 0.1) is 16.3 Å². The molecule has 1 heterocycles. The predicted octanol–water partition coefficient (Wildman–Crippen LogP) is 1.35. The standard InChI is InChI=1S/C13H21N3O2S/c1-15-19(17)11-2-3-13(12(14)8-11)16-9-10-4-6-18-7-5-10/h2-3,8,10,15-16H,4-7,9,14H2,1H3. The van der Waals surface area contributed by atoms with Crippen LogP contribution >= 0.6 is 0 Å². The fourth-order valence-corrected chi connectivity index (χ4v) is 2.80. The Morgan fingerprint density at radius 3 is 2.79 bits per heavy atom. The van der Waals surface area contributed by atoms with Crippen LogP contribution in [0.2, 0.25) is 0 Å². The lowest BCUT2D eigenvalue weighted by atomic mass is 10.0. The molecular formula is C13H21N3O2S. The van der Waals surface area contributed by atoms with Gasteiger partial charge in [-0.25, -0.2) is 8.93 Å². The highest BCUT2D eigenvalue weighted by atomic mass is 32.2. The first-order valence-corrected chi connectivity index (χ1v) is 7.66. The molecule has 1 atom stereocenters. The Bertz CT molecular complexity index is 448. The first-order valence-electron chi connectivity index (χ1n) is 6.51. The van der Waals surface area contributed by atoms with Crippen molar-refractivity contribution < 1.29 is 8.95 Å². The van der Waals surface area contributed by atoms with Gasteiger partial charge < -0.3 is 15.8 Å². The number of nitrogens with one attached hydrogen (secondary N) is 2. The second kappa shape index (κ2) is 6.88. The molecule has 1 unspecified atom stereocenters. The molecule has 5 nitrogen and oxygen atoms in total. The zero-order valence-electron chi connectivity index (χ0n) is 11.1. The average Bonchev–Trinajstić information content (AvgIpc) is 2.46. The number of hydrogen-bond donors (Lipinski definition) is 3. The topological polar surface area (TPSA) is 76.4 Å². The van der Waals surface area contributed by atoms with Crippen LogP contribution in [0, 0.1) is 5.92 Å². The first kappa shape index (κ1) is 14.3. The number of hydrogen-bond acceptors (Lipinski definition) is 4. The van der Waals surface area contributed by atoms with Crippen molar-refractivity contribution in [1.29, 1.82) is 0 Å². The normalized spacial score (nSPS) is 18.2. The van der Waals surface area contributed by atoms with Gasteiger partial charge in [-0.3, -0.25) is 0 Å². The zero-order valence-corrected chi connectivity index (χ0v) is 12.0. The summed E-state index contributed by atoms with van der Waals surface area (Å²) in [5, 5.41) is 3.37. The van der Waals surface area contributed by atoms with Crippen molar-refractivity contribution >= 4 is 22.4 Å². The van der Waals surface area contributed by atoms with Gasteiger partial charge >= 0.3 is 0 Å². The summed E-state index contributed by atoms with van der Waals surface area (Å²) < 4.78 is 19.6. The maximum absolute atomic E-state index is 11.6. The molecule has 4 N–H and O–H groups in total. The Kier molecular flexibility index (Phi) is 5.18. The first-order chi connectivity index (χ1) is 9.20. The minimum atomic E-state index is -1.19. The van der Waals surface area contributed by atoms with Gasteiger partial charge in [-0.05, 0) is 44.0 Å². The lowest BCUT2D eigenvalue weighted by molar-refractivity contribution is 0.0699. The number of nitrogens with two attached hydrogens (primary N) is 1. The van der Waals surface area contributed by atoms with E-state index in [-0.39, 0.29) is 0 Å². The second-order valence-corrected chi connectivity index (χ2v) is 6.08. The molecule has 1 aliphatic heterocycles. The highest BCUT2D eigenvalue weighted by molar-refractivity contribution is 7.83. The van der Waals surface area contributed by atoms with E-state index in [2.05, 4.69) is 10.0 Å². The lowest BCUT2D eigenvalue weighted by Gasteiger charge is -2.23. The quantitative estimate of drug-likeness (QED) is 0.713. The van der Waals surface area contributed by atoms with Gasteiger partial charge in [0.25, 0.3) is 0 Å². The summed E-state index contributed by atoms with van der Waals surface area (Å²) in [6.45, 7) is 2.60. The minimum absolute atomic E-state index is 0.633. The summed E-state index contributed by atoms with van der Waals surface area (Å²) in [7, 11) is 0.465. The van der Waals surface area contributed by atoms with E-state index in [9.17, 15) is 4.21 Å². The van der Waals surface area contributed by atoms with Crippen LogP contribution in [0.15, 0.2) is 23.1 Å². The molecule has 0 bridgehead atoms. The van der Waals surface area contributed by atoms with E-state index >= 15 is 0 Å². The van der Waals surface area contributed by atoms with Crippen molar-refractivity contribution in [2.24, 2.45) is 5.92 Å². The van der Waals surface area contributed by atoms with Gasteiger partial charge in [0.1, 0.15) is 11.0 Å². The lowest BCUT2D eigenvalue weighted by Crippen LogP contribution is -2.23. The summed E-state index contributed by atoms with van der Waals surface area (Å²) in [6, 6.07) is 5.47. The van der Waals surface area contributed by atoms with Crippen LogP contribution in [0.25, 0.3) is 0 Å². The maximum Gasteiger partial charge on any atom is 0.124 e. The van der Waals surface area contributed by atoms with Crippen LogP contribution in [0.5, 0.6) is 0 Å². The molecular weight excluding hydrogens is 262 g/mol. The predicted molar refractivity (Wildman–Crippen MR) is 78.4 cm³/mol. The molecule has 0 aliphatic carbocycles. The third-order valence-corrected chi connectivity index (χ3v) is 4.40. The van der Waals surface area contributed by atoms with Gasteiger partial charge in [0.15, 0.2) is 0 Å². The number of ether oxygens (including phenoxy) is 1. The van der Waals surface area contributed by atoms with E-state index in [0.29, 0.717) is 16.5 Å². The van der Waals surface area contributed by atoms with Gasteiger partial charge in [-0.1, -0.05) is 0 Å². The molecule has 19 heavy (non-hydrogen) atoms. The van der Waals surface area contributed by atoms with E-state index in [1.165, 1.54) is 0 Å². The third kappa shape index (κ3) is 3.92. The molecule has 6 heteroatoms. The van der Waals surface area contributed by atoms with E-state index in [4.69, 9.17) is 10.5 Å². The Balaban J connectivity index is 1.95. The van der Waals surface area contributed by atoms with Crippen LogP contribution < -0.4 is 15.8 Å². The Morgan fingerprint density at radius 2 is 2.16 bits per heavy atom. The molecule has 106 valence electrons. The summed E-state index contributed by atoms with van der Waals surface area (Å²) in [5.74, 6) is 0.638. The summed E-state index contributed by atoms with van der Waals surface area (Å²) in [4.78, 5) is 0.691. The van der Waals surface area contributed by atoms with Gasteiger partial charge in [0, 0.05) is 19.8 Å². The van der Waals surface area contributed by atoms with Crippen LogP contribution in [0.3, 0.4) is 0 Å². The van der Waals surface area contributed by atoms with E-state index in [1.54, 1.807) is 13.1 Å². The summed E-state index contributed by atoms with van der Waals surface area (Å²) >= 11 is 0. The second-order valence-electron chi connectivity index (χ2n) is 4.66. The largest absolute Gasteiger partial charge is 0.397 e. The zero-order chi connectivity index (χ0) is 13.7. The Hall–Kier alpha value is -1.11. The van der Waals surface area contributed by atoms with Crippen molar-refractivity contribution in [1.82, 2.24) is 4.72 Å². The minimum Gasteiger partial charge on any atom is -0.397 e. The molecule has 0 spiro atoms. The fraction of sp³-hybridized carbons (Fsp3) is 0.538. The molecule has 1 aliphatic rings. The van der Waals surface area contributed by atoms with Crippen molar-refractivity contribution in [2.45, 2.75) is 17.7 Å². The van der Waals surface area contributed by atoms with Crippen molar-refractivity contribution in [3.05, 3.63) is 18.2 Å². The molecule has 1 aromatic carbocycles. The van der Waals surface area contributed by atoms with Gasteiger partial charge in [-0.2, -0.15) is 0 Å². The monoisotopic (exact) mass is 283 g/mol. The third-order valence-electron chi connectivity index (χ3n) is 3.34. The number of anilines is 2. The number of rotatable bonds is 5. The highest BCUT2D eigenvalue weighted by Crippen LogP contribution is 2.23. The molecule has 1 fully saturated rings. The molecule has 0 saturated carbocycles. The SMILES string of the molecule is CNS(=O)c1ccc(NCC2CCOCC2)c(N)c1. The summed E-state index contributed by atoms with van der Waals surface area (Å²) in [6.07, 6.45) is 2.18. The Labute approximate surface area is 116 Å². The molecule has 0 radical (unpaired) electrons. The van der Waals surface area contributed by atoms with Crippen LogP contribution in [-0.4, -0.2) is 31.0 Å². The fourth-order valence-electron chi connectivity index (χ4n) is 2.14. The maximum atomic E-state index is 11.6. The number of nitrogen functional groups attached to an aromatic ring is 1. The van der Waals surface area contributed by atoms with Crippen LogP contribution in [0.1, 0.15) is 12.8 Å². The van der Waals surface area contributed by atoms with Crippen LogP contribution in [0.4, 0.5) is 11.4 Å².